The third-order valence-corrected chi connectivity index (χ3v) is 4.66. The van der Waals surface area contributed by atoms with Crippen LogP contribution in [0.1, 0.15) is 49.3 Å². The lowest BCUT2D eigenvalue weighted by molar-refractivity contribution is 0.0560. The minimum absolute atomic E-state index is 0.104. The molecular weight excluding hydrogens is 342 g/mol. The summed E-state index contributed by atoms with van der Waals surface area (Å²) in [7, 11) is 0. The van der Waals surface area contributed by atoms with Gasteiger partial charge in [-0.2, -0.15) is 0 Å². The summed E-state index contributed by atoms with van der Waals surface area (Å²) in [5, 5.41) is 9.76. The van der Waals surface area contributed by atoms with Gasteiger partial charge in [0.1, 0.15) is 5.52 Å². The first kappa shape index (κ1) is 19.0. The first-order valence-corrected chi connectivity index (χ1v) is 9.19. The molecule has 3 aromatic heterocycles. The second-order valence-corrected chi connectivity index (χ2v) is 6.81. The number of aliphatic hydroxyl groups is 1. The van der Waals surface area contributed by atoms with Gasteiger partial charge in [-0.1, -0.05) is 13.0 Å². The molecule has 1 amide bonds. The lowest BCUT2D eigenvalue weighted by Crippen LogP contribution is -2.42. The van der Waals surface area contributed by atoms with Crippen LogP contribution in [0.2, 0.25) is 0 Å². The van der Waals surface area contributed by atoms with Crippen molar-refractivity contribution >= 4 is 17.1 Å². The minimum Gasteiger partial charge on any atom is -0.394 e. The van der Waals surface area contributed by atoms with Gasteiger partial charge >= 0.3 is 0 Å². The summed E-state index contributed by atoms with van der Waals surface area (Å²) < 4.78 is 1.97. The zero-order valence-corrected chi connectivity index (χ0v) is 15.9. The van der Waals surface area contributed by atoms with Gasteiger partial charge in [0.25, 0.3) is 5.91 Å². The Labute approximate surface area is 158 Å². The van der Waals surface area contributed by atoms with Gasteiger partial charge in [0.15, 0.2) is 5.65 Å². The number of hydrogen-bond acceptors (Lipinski definition) is 5. The molecular formula is C20H25N5O2. The van der Waals surface area contributed by atoms with E-state index < -0.39 is 0 Å². The lowest BCUT2D eigenvalue weighted by Gasteiger charge is -2.29. The van der Waals surface area contributed by atoms with E-state index in [1.54, 1.807) is 29.7 Å². The maximum Gasteiger partial charge on any atom is 0.256 e. The van der Waals surface area contributed by atoms with Crippen LogP contribution < -0.4 is 0 Å². The Morgan fingerprint density at radius 3 is 2.70 bits per heavy atom. The molecule has 1 N–H and O–H groups in total. The number of carbonyl (C=O) groups excluding carboxylic acids is 1. The minimum atomic E-state index is -0.288. The highest BCUT2D eigenvalue weighted by atomic mass is 16.3. The molecule has 27 heavy (non-hydrogen) atoms. The molecule has 0 aliphatic carbocycles. The van der Waals surface area contributed by atoms with Gasteiger partial charge in [-0.25, -0.2) is 9.97 Å². The fraction of sp³-hybridized carbons (Fsp3) is 0.400. The summed E-state index contributed by atoms with van der Waals surface area (Å²) in [6.07, 6.45) is 5.67. The largest absolute Gasteiger partial charge is 0.394 e. The van der Waals surface area contributed by atoms with Crippen molar-refractivity contribution < 1.29 is 9.90 Å². The van der Waals surface area contributed by atoms with Gasteiger partial charge in [0, 0.05) is 18.4 Å². The van der Waals surface area contributed by atoms with Crippen molar-refractivity contribution in [2.45, 2.75) is 45.8 Å². The predicted octanol–water partition coefficient (Wildman–Crippen LogP) is 2.82. The SMILES string of the molecule is CCC(CO)N(Cc1ccccn1)C(=O)c1cnc2c(c1)ncn2C(C)C. The van der Waals surface area contributed by atoms with Crippen LogP contribution in [-0.4, -0.2) is 48.1 Å². The maximum atomic E-state index is 13.2. The monoisotopic (exact) mass is 367 g/mol. The van der Waals surface area contributed by atoms with Crippen molar-refractivity contribution in [3.8, 4) is 0 Å². The van der Waals surface area contributed by atoms with E-state index in [1.165, 1.54) is 0 Å². The van der Waals surface area contributed by atoms with E-state index in [2.05, 4.69) is 28.8 Å². The first-order chi connectivity index (χ1) is 13.0. The highest BCUT2D eigenvalue weighted by Crippen LogP contribution is 2.19. The molecule has 3 heterocycles. The second-order valence-electron chi connectivity index (χ2n) is 6.81. The van der Waals surface area contributed by atoms with E-state index in [1.807, 2.05) is 29.7 Å². The van der Waals surface area contributed by atoms with Crippen LogP contribution in [0, 0.1) is 0 Å². The molecule has 0 spiro atoms. The van der Waals surface area contributed by atoms with Crippen molar-refractivity contribution in [1.29, 1.82) is 0 Å². The molecule has 0 saturated heterocycles. The van der Waals surface area contributed by atoms with E-state index in [-0.39, 0.29) is 24.6 Å². The van der Waals surface area contributed by atoms with Crippen molar-refractivity contribution in [1.82, 2.24) is 24.4 Å². The molecule has 7 heteroatoms. The van der Waals surface area contributed by atoms with Crippen LogP contribution in [0.15, 0.2) is 43.0 Å². The quantitative estimate of drug-likeness (QED) is 0.694. The average molecular weight is 367 g/mol. The molecule has 1 atom stereocenters. The number of hydrogen-bond donors (Lipinski definition) is 1. The zero-order chi connectivity index (χ0) is 19.4. The Bertz CT molecular complexity index is 903. The van der Waals surface area contributed by atoms with Gasteiger partial charge in [0.05, 0.1) is 36.8 Å². The summed E-state index contributed by atoms with van der Waals surface area (Å²) in [6, 6.07) is 7.31. The van der Waals surface area contributed by atoms with Crippen molar-refractivity contribution in [2.75, 3.05) is 6.61 Å². The predicted molar refractivity (Wildman–Crippen MR) is 103 cm³/mol. The first-order valence-electron chi connectivity index (χ1n) is 9.19. The topological polar surface area (TPSA) is 84.1 Å². The van der Waals surface area contributed by atoms with E-state index in [0.717, 1.165) is 11.3 Å². The lowest BCUT2D eigenvalue weighted by atomic mass is 10.1. The second kappa shape index (κ2) is 8.26. The summed E-state index contributed by atoms with van der Waals surface area (Å²) in [5.41, 5.74) is 2.67. The summed E-state index contributed by atoms with van der Waals surface area (Å²) in [6.45, 7) is 6.29. The standard InChI is InChI=1S/C20H25N5O2/c1-4-17(12-26)24(11-16-7-5-6-8-21-16)20(27)15-9-18-19(22-10-15)25(13-23-18)14(2)3/h5-10,13-14,17,26H,4,11-12H2,1-3H3. The number of carbonyl (C=O) groups is 1. The Morgan fingerprint density at radius 1 is 1.26 bits per heavy atom. The van der Waals surface area contributed by atoms with E-state index in [9.17, 15) is 9.90 Å². The van der Waals surface area contributed by atoms with Gasteiger partial charge < -0.3 is 14.6 Å². The number of imidazole rings is 1. The molecule has 0 aliphatic heterocycles. The maximum absolute atomic E-state index is 13.2. The van der Waals surface area contributed by atoms with Crippen LogP contribution in [0.3, 0.4) is 0 Å². The molecule has 0 bridgehead atoms. The van der Waals surface area contributed by atoms with Gasteiger partial charge in [-0.05, 0) is 38.5 Å². The fourth-order valence-corrected chi connectivity index (χ4v) is 3.06. The van der Waals surface area contributed by atoms with Gasteiger partial charge in [-0.3, -0.25) is 9.78 Å². The third kappa shape index (κ3) is 3.98. The van der Waals surface area contributed by atoms with E-state index >= 15 is 0 Å². The van der Waals surface area contributed by atoms with E-state index in [0.29, 0.717) is 24.0 Å². The number of amides is 1. The van der Waals surface area contributed by atoms with Crippen LogP contribution in [0.5, 0.6) is 0 Å². The van der Waals surface area contributed by atoms with E-state index in [4.69, 9.17) is 0 Å². The third-order valence-electron chi connectivity index (χ3n) is 4.66. The van der Waals surface area contributed by atoms with Crippen LogP contribution in [0.4, 0.5) is 0 Å². The number of aromatic nitrogens is 4. The number of fused-ring (bicyclic) bond motifs is 1. The summed E-state index contributed by atoms with van der Waals surface area (Å²) in [5.74, 6) is -0.185. The Balaban J connectivity index is 1.94. The molecule has 1 unspecified atom stereocenters. The number of pyridine rings is 2. The highest BCUT2D eigenvalue weighted by molar-refractivity contribution is 5.96. The molecule has 0 aliphatic rings. The number of rotatable bonds is 7. The summed E-state index contributed by atoms with van der Waals surface area (Å²) in [4.78, 5) is 28.0. The van der Waals surface area contributed by atoms with Crippen LogP contribution >= 0.6 is 0 Å². The average Bonchev–Trinajstić information content (AvgIpc) is 3.12. The molecule has 0 saturated carbocycles. The van der Waals surface area contributed by atoms with Crippen molar-refractivity contribution in [2.24, 2.45) is 0 Å². The Hall–Kier alpha value is -2.80. The highest BCUT2D eigenvalue weighted by Gasteiger charge is 2.25. The molecule has 0 fully saturated rings. The normalized spacial score (nSPS) is 12.5. The fourth-order valence-electron chi connectivity index (χ4n) is 3.06. The van der Waals surface area contributed by atoms with Crippen LogP contribution in [0.25, 0.3) is 11.2 Å². The molecule has 3 rings (SSSR count). The number of nitrogens with zero attached hydrogens (tertiary/aromatic N) is 5. The Morgan fingerprint density at radius 2 is 2.07 bits per heavy atom. The number of aliphatic hydroxyl groups excluding tert-OH is 1. The molecule has 0 aromatic carbocycles. The van der Waals surface area contributed by atoms with Gasteiger partial charge in [0.2, 0.25) is 0 Å². The van der Waals surface area contributed by atoms with Crippen molar-refractivity contribution in [3.63, 3.8) is 0 Å². The summed E-state index contributed by atoms with van der Waals surface area (Å²) >= 11 is 0. The Kier molecular flexibility index (Phi) is 5.81. The smallest absolute Gasteiger partial charge is 0.256 e. The van der Waals surface area contributed by atoms with Crippen molar-refractivity contribution in [3.05, 3.63) is 54.2 Å². The van der Waals surface area contributed by atoms with Gasteiger partial charge in [-0.15, -0.1) is 0 Å². The molecule has 0 radical (unpaired) electrons. The molecule has 142 valence electrons. The zero-order valence-electron chi connectivity index (χ0n) is 15.9. The molecule has 3 aromatic rings. The molecule has 7 nitrogen and oxygen atoms in total. The van der Waals surface area contributed by atoms with Crippen LogP contribution in [-0.2, 0) is 6.54 Å².